The number of nitrogens with zero attached hydrogens (tertiary/aromatic N) is 1. The second-order valence-electron chi connectivity index (χ2n) is 7.12. The van der Waals surface area contributed by atoms with Crippen LogP contribution in [0.25, 0.3) is 0 Å². The number of benzene rings is 1. The maximum Gasteiger partial charge on any atom is 0.224 e. The fraction of sp³-hybridized carbons (Fsp3) is 0.429. The molecular formula is C21H28N4O3S. The number of anilines is 1. The first-order valence-corrected chi connectivity index (χ1v) is 10.7. The molecule has 1 unspecified atom stereocenters. The topological polar surface area (TPSA) is 95.0 Å². The largest absolute Gasteiger partial charge is 0.492 e. The van der Waals surface area contributed by atoms with Crippen LogP contribution in [0, 0.1) is 0 Å². The molecule has 1 aliphatic rings. The number of aryl methyl sites for hydroxylation is 1. The summed E-state index contributed by atoms with van der Waals surface area (Å²) < 4.78 is 5.83. The molecule has 0 saturated heterocycles. The Kier molecular flexibility index (Phi) is 7.11. The molecule has 1 amide bonds. The maximum absolute atomic E-state index is 11.4. The van der Waals surface area contributed by atoms with Gasteiger partial charge in [-0.25, -0.2) is 4.99 Å². The molecule has 0 radical (unpaired) electrons. The van der Waals surface area contributed by atoms with Crippen LogP contribution in [0.15, 0.2) is 40.0 Å². The first kappa shape index (κ1) is 21.1. The maximum atomic E-state index is 11.4. The summed E-state index contributed by atoms with van der Waals surface area (Å²) in [6, 6.07) is 7.64. The van der Waals surface area contributed by atoms with E-state index in [9.17, 15) is 9.90 Å². The Morgan fingerprint density at radius 2 is 2.21 bits per heavy atom. The van der Waals surface area contributed by atoms with Crippen molar-refractivity contribution in [1.82, 2.24) is 10.6 Å². The van der Waals surface area contributed by atoms with Crippen molar-refractivity contribution >= 4 is 28.9 Å². The number of thiophene rings is 1. The Labute approximate surface area is 175 Å². The Morgan fingerprint density at radius 1 is 1.34 bits per heavy atom. The molecule has 4 N–H and O–H groups in total. The third-order valence-electron chi connectivity index (χ3n) is 4.67. The van der Waals surface area contributed by atoms with Gasteiger partial charge < -0.3 is 25.8 Å². The first-order chi connectivity index (χ1) is 14.0. The second kappa shape index (κ2) is 9.76. The van der Waals surface area contributed by atoms with Crippen LogP contribution >= 0.6 is 11.3 Å². The highest BCUT2D eigenvalue weighted by atomic mass is 32.1. The quantitative estimate of drug-likeness (QED) is 0.301. The van der Waals surface area contributed by atoms with Crippen LogP contribution in [0.5, 0.6) is 5.75 Å². The zero-order chi connectivity index (χ0) is 20.7. The number of aliphatic imine (C=N–C) groups is 1. The van der Waals surface area contributed by atoms with Crippen LogP contribution in [0.2, 0.25) is 0 Å². The fourth-order valence-electron chi connectivity index (χ4n) is 3.02. The summed E-state index contributed by atoms with van der Waals surface area (Å²) in [6.07, 6.45) is 1.24. The van der Waals surface area contributed by atoms with Crippen molar-refractivity contribution in [2.24, 2.45) is 4.99 Å². The predicted molar refractivity (Wildman–Crippen MR) is 117 cm³/mol. The molecule has 0 aliphatic carbocycles. The number of amides is 1. The number of carbonyl (C=O) groups excluding carboxylic acids is 1. The molecule has 1 atom stereocenters. The number of nitrogens with one attached hydrogen (secondary N) is 3. The van der Waals surface area contributed by atoms with Gasteiger partial charge in [0.05, 0.1) is 13.1 Å². The summed E-state index contributed by atoms with van der Waals surface area (Å²) in [5.74, 6) is 1.48. The van der Waals surface area contributed by atoms with Gasteiger partial charge in [-0.05, 0) is 66.4 Å². The molecule has 8 heteroatoms. The molecule has 0 saturated carbocycles. The predicted octanol–water partition coefficient (Wildman–Crippen LogP) is 2.47. The van der Waals surface area contributed by atoms with Gasteiger partial charge in [0, 0.05) is 18.7 Å². The minimum absolute atomic E-state index is 0.0589. The van der Waals surface area contributed by atoms with E-state index < -0.39 is 5.60 Å². The van der Waals surface area contributed by atoms with Gasteiger partial charge >= 0.3 is 0 Å². The van der Waals surface area contributed by atoms with Crippen molar-refractivity contribution in [2.45, 2.75) is 32.3 Å². The van der Waals surface area contributed by atoms with E-state index in [1.807, 2.05) is 41.9 Å². The molecule has 1 aromatic carbocycles. The molecule has 29 heavy (non-hydrogen) atoms. The van der Waals surface area contributed by atoms with Crippen LogP contribution in [0.1, 0.15) is 31.4 Å². The fourth-order valence-corrected chi connectivity index (χ4v) is 3.81. The van der Waals surface area contributed by atoms with E-state index in [-0.39, 0.29) is 12.5 Å². The second-order valence-corrected chi connectivity index (χ2v) is 7.90. The lowest BCUT2D eigenvalue weighted by atomic mass is 10.00. The lowest BCUT2D eigenvalue weighted by Crippen LogP contribution is -2.40. The van der Waals surface area contributed by atoms with E-state index in [4.69, 9.17) is 4.74 Å². The van der Waals surface area contributed by atoms with Crippen molar-refractivity contribution in [1.29, 1.82) is 0 Å². The van der Waals surface area contributed by atoms with Gasteiger partial charge in [-0.2, -0.15) is 11.3 Å². The van der Waals surface area contributed by atoms with Crippen molar-refractivity contribution in [3.63, 3.8) is 0 Å². The first-order valence-electron chi connectivity index (χ1n) is 9.81. The van der Waals surface area contributed by atoms with Gasteiger partial charge in [0.2, 0.25) is 5.91 Å². The van der Waals surface area contributed by atoms with Gasteiger partial charge in [-0.15, -0.1) is 0 Å². The highest BCUT2D eigenvalue weighted by Gasteiger charge is 2.23. The molecule has 0 spiro atoms. The molecule has 7 nitrogen and oxygen atoms in total. The molecule has 156 valence electrons. The number of carbonyl (C=O) groups is 1. The summed E-state index contributed by atoms with van der Waals surface area (Å²) in [5.41, 5.74) is 1.83. The van der Waals surface area contributed by atoms with E-state index in [1.54, 1.807) is 18.3 Å². The standard InChI is InChI=1S/C21H28N4O3S/c1-3-22-20(24-14-21(2,27)16-8-11-29-13-16)23-9-10-28-17-5-6-18-15(12-17)4-7-19(26)25-18/h5-6,8,11-13,27H,3-4,7,9-10,14H2,1-2H3,(H,25,26)(H2,22,23,24). The number of hydrogen-bond donors (Lipinski definition) is 4. The molecule has 2 aromatic rings. The highest BCUT2D eigenvalue weighted by molar-refractivity contribution is 7.08. The Morgan fingerprint density at radius 3 is 2.97 bits per heavy atom. The molecule has 1 aromatic heterocycles. The van der Waals surface area contributed by atoms with Gasteiger partial charge in [-0.1, -0.05) is 0 Å². The molecule has 1 aliphatic heterocycles. The number of rotatable bonds is 8. The van der Waals surface area contributed by atoms with E-state index in [0.717, 1.165) is 35.5 Å². The van der Waals surface area contributed by atoms with Crippen LogP contribution < -0.4 is 20.7 Å². The van der Waals surface area contributed by atoms with Gasteiger partial charge in [0.25, 0.3) is 0 Å². The summed E-state index contributed by atoms with van der Waals surface area (Å²) in [6.45, 7) is 5.79. The SMILES string of the molecule is CCNC(=NCC(C)(O)c1ccsc1)NCCOc1ccc2c(c1)CCC(=O)N2. The average Bonchev–Trinajstić information content (AvgIpc) is 3.25. The Bertz CT molecular complexity index is 850. The average molecular weight is 417 g/mol. The Balaban J connectivity index is 1.49. The summed E-state index contributed by atoms with van der Waals surface area (Å²) in [7, 11) is 0. The van der Waals surface area contributed by atoms with Crippen LogP contribution in [0.4, 0.5) is 5.69 Å². The molecular weight excluding hydrogens is 388 g/mol. The zero-order valence-electron chi connectivity index (χ0n) is 16.8. The van der Waals surface area contributed by atoms with E-state index in [2.05, 4.69) is 20.9 Å². The van der Waals surface area contributed by atoms with Crippen molar-refractivity contribution < 1.29 is 14.6 Å². The number of guanidine groups is 1. The number of hydrogen-bond acceptors (Lipinski definition) is 5. The summed E-state index contributed by atoms with van der Waals surface area (Å²) in [4.78, 5) is 15.9. The number of aliphatic hydroxyl groups is 1. The van der Waals surface area contributed by atoms with Crippen molar-refractivity contribution in [2.75, 3.05) is 31.6 Å². The normalized spacial score (nSPS) is 15.8. The van der Waals surface area contributed by atoms with Crippen LogP contribution in [-0.2, 0) is 16.8 Å². The monoisotopic (exact) mass is 416 g/mol. The van der Waals surface area contributed by atoms with Crippen LogP contribution in [0.3, 0.4) is 0 Å². The smallest absolute Gasteiger partial charge is 0.224 e. The summed E-state index contributed by atoms with van der Waals surface area (Å²) in [5, 5.41) is 23.8. The molecule has 0 bridgehead atoms. The zero-order valence-corrected chi connectivity index (χ0v) is 17.6. The third kappa shape index (κ3) is 5.95. The highest BCUT2D eigenvalue weighted by Crippen LogP contribution is 2.26. The number of ether oxygens (including phenoxy) is 1. The van der Waals surface area contributed by atoms with E-state index >= 15 is 0 Å². The third-order valence-corrected chi connectivity index (χ3v) is 5.35. The Hall–Kier alpha value is -2.58. The number of fused-ring (bicyclic) bond motifs is 1. The van der Waals surface area contributed by atoms with Crippen LogP contribution in [-0.4, -0.2) is 43.2 Å². The molecule has 0 fully saturated rings. The lowest BCUT2D eigenvalue weighted by Gasteiger charge is -2.21. The molecule has 3 rings (SSSR count). The van der Waals surface area contributed by atoms with Crippen molar-refractivity contribution in [3.8, 4) is 5.75 Å². The summed E-state index contributed by atoms with van der Waals surface area (Å²) >= 11 is 1.56. The lowest BCUT2D eigenvalue weighted by molar-refractivity contribution is -0.116. The van der Waals surface area contributed by atoms with Gasteiger partial charge in [-0.3, -0.25) is 4.79 Å². The van der Waals surface area contributed by atoms with E-state index in [0.29, 0.717) is 25.5 Å². The van der Waals surface area contributed by atoms with Gasteiger partial charge in [0.15, 0.2) is 5.96 Å². The van der Waals surface area contributed by atoms with Gasteiger partial charge in [0.1, 0.15) is 18.0 Å². The minimum atomic E-state index is -1.00. The minimum Gasteiger partial charge on any atom is -0.492 e. The molecule has 2 heterocycles. The van der Waals surface area contributed by atoms with E-state index in [1.165, 1.54) is 0 Å². The van der Waals surface area contributed by atoms with Crippen molar-refractivity contribution in [3.05, 3.63) is 46.2 Å².